The van der Waals surface area contributed by atoms with Crippen LogP contribution in [0.5, 0.6) is 0 Å². The Labute approximate surface area is 353 Å². The molecule has 5 nitrogen and oxygen atoms in total. The van der Waals surface area contributed by atoms with E-state index in [2.05, 4.69) is 174 Å². The minimum Gasteiger partial charge on any atom is -0.455 e. The van der Waals surface area contributed by atoms with E-state index in [1.54, 1.807) is 0 Å². The zero-order chi connectivity index (χ0) is 40.0. The lowest BCUT2D eigenvalue weighted by molar-refractivity contribution is 0.669. The van der Waals surface area contributed by atoms with Crippen molar-refractivity contribution < 1.29 is 4.42 Å². The van der Waals surface area contributed by atoms with E-state index >= 15 is 0 Å². The minimum atomic E-state index is 0.547. The van der Waals surface area contributed by atoms with Gasteiger partial charge in [-0.15, -0.1) is 11.3 Å². The molecule has 0 aliphatic rings. The van der Waals surface area contributed by atoms with Gasteiger partial charge in [-0.3, -0.25) is 0 Å². The van der Waals surface area contributed by atoms with Crippen LogP contribution in [0.2, 0.25) is 0 Å². The van der Waals surface area contributed by atoms with Gasteiger partial charge in [-0.25, -0.2) is 15.0 Å². The van der Waals surface area contributed by atoms with Crippen molar-refractivity contribution in [2.75, 3.05) is 0 Å². The molecule has 13 rings (SSSR count). The molecule has 6 heteroatoms. The molecule has 61 heavy (non-hydrogen) atoms. The van der Waals surface area contributed by atoms with E-state index in [-0.39, 0.29) is 0 Å². The molecule has 0 spiro atoms. The molecule has 0 aliphatic carbocycles. The van der Waals surface area contributed by atoms with Crippen LogP contribution < -0.4 is 0 Å². The van der Waals surface area contributed by atoms with Crippen molar-refractivity contribution >= 4 is 86.0 Å². The fourth-order valence-electron chi connectivity index (χ4n) is 9.15. The Morgan fingerprint density at radius 2 is 1.02 bits per heavy atom. The summed E-state index contributed by atoms with van der Waals surface area (Å²) in [5, 5.41) is 9.24. The standard InChI is InChI=1S/C55H32N4OS/c1-2-13-33(14-3-1)34-25-27-35(28-26-34)53-56-54(42-21-12-20-41-39-18-7-10-23-49(39)60-52(41)42)58-55(57-53)45-31-44-40-19-8-11-24-50(40)61-51(44)32-48(45)59-46-22-9-6-17-38(46)43-29-36-15-4-5-16-37(36)30-47(43)59/h1-32H. The number of furan rings is 1. The summed E-state index contributed by atoms with van der Waals surface area (Å²) in [6, 6.07) is 68.6. The second-order valence-electron chi connectivity index (χ2n) is 15.6. The molecule has 9 aromatic carbocycles. The van der Waals surface area contributed by atoms with Gasteiger partial charge in [-0.1, -0.05) is 146 Å². The monoisotopic (exact) mass is 796 g/mol. The van der Waals surface area contributed by atoms with Crippen LogP contribution in [0.15, 0.2) is 199 Å². The Morgan fingerprint density at radius 3 is 1.87 bits per heavy atom. The molecule has 0 atom stereocenters. The third-order valence-corrected chi connectivity index (χ3v) is 13.2. The van der Waals surface area contributed by atoms with Gasteiger partial charge in [0.1, 0.15) is 11.2 Å². The third kappa shape index (κ3) is 5.36. The molecular weight excluding hydrogens is 765 g/mol. The molecular formula is C55H32N4OS. The number of fused-ring (bicyclic) bond motifs is 10. The fourth-order valence-corrected chi connectivity index (χ4v) is 10.3. The van der Waals surface area contributed by atoms with Crippen molar-refractivity contribution in [3.05, 3.63) is 194 Å². The van der Waals surface area contributed by atoms with Crippen molar-refractivity contribution in [2.24, 2.45) is 0 Å². The molecule has 4 heterocycles. The number of para-hydroxylation sites is 3. The smallest absolute Gasteiger partial charge is 0.167 e. The van der Waals surface area contributed by atoms with Crippen LogP contribution >= 0.6 is 11.3 Å². The first kappa shape index (κ1) is 34.0. The van der Waals surface area contributed by atoms with Gasteiger partial charge in [0.05, 0.1) is 22.3 Å². The number of thiophene rings is 1. The summed E-state index contributed by atoms with van der Waals surface area (Å²) in [6.45, 7) is 0. The summed E-state index contributed by atoms with van der Waals surface area (Å²) in [6.07, 6.45) is 0. The molecule has 0 aliphatic heterocycles. The van der Waals surface area contributed by atoms with E-state index in [1.807, 2.05) is 35.6 Å². The van der Waals surface area contributed by atoms with E-state index in [9.17, 15) is 0 Å². The van der Waals surface area contributed by atoms with Gasteiger partial charge in [0, 0.05) is 52.8 Å². The number of rotatable bonds is 5. The Balaban J connectivity index is 1.13. The second-order valence-corrected chi connectivity index (χ2v) is 16.6. The number of aromatic nitrogens is 4. The Morgan fingerprint density at radius 1 is 0.377 bits per heavy atom. The molecule has 0 bridgehead atoms. The first-order chi connectivity index (χ1) is 30.2. The fraction of sp³-hybridized carbons (Fsp3) is 0. The lowest BCUT2D eigenvalue weighted by Crippen LogP contribution is -2.04. The van der Waals surface area contributed by atoms with Gasteiger partial charge in [-0.2, -0.15) is 0 Å². The van der Waals surface area contributed by atoms with Crippen LogP contribution in [0.3, 0.4) is 0 Å². The van der Waals surface area contributed by atoms with E-state index in [0.717, 1.165) is 66.5 Å². The van der Waals surface area contributed by atoms with Gasteiger partial charge in [-0.05, 0) is 70.4 Å². The quantitative estimate of drug-likeness (QED) is 0.174. The highest BCUT2D eigenvalue weighted by molar-refractivity contribution is 7.25. The van der Waals surface area contributed by atoms with Crippen molar-refractivity contribution in [3.63, 3.8) is 0 Å². The highest BCUT2D eigenvalue weighted by Gasteiger charge is 2.23. The normalized spacial score (nSPS) is 11.9. The van der Waals surface area contributed by atoms with Crippen LogP contribution in [0.25, 0.3) is 126 Å². The zero-order valence-corrected chi connectivity index (χ0v) is 33.4. The SMILES string of the molecule is c1ccc(-c2ccc(-c3nc(-c4cc5c(cc4-n4c6ccccc6c6cc7ccccc7cc64)sc4ccccc45)nc(-c4cccc5c4oc4ccccc45)n3)cc2)cc1. The molecule has 0 saturated heterocycles. The van der Waals surface area contributed by atoms with Crippen LogP contribution in [0.4, 0.5) is 0 Å². The summed E-state index contributed by atoms with van der Waals surface area (Å²) < 4.78 is 11.4. The van der Waals surface area contributed by atoms with E-state index in [4.69, 9.17) is 19.4 Å². The minimum absolute atomic E-state index is 0.547. The van der Waals surface area contributed by atoms with Gasteiger partial charge in [0.2, 0.25) is 0 Å². The largest absolute Gasteiger partial charge is 0.455 e. The molecule has 0 amide bonds. The van der Waals surface area contributed by atoms with Gasteiger partial charge >= 0.3 is 0 Å². The topological polar surface area (TPSA) is 56.7 Å². The second kappa shape index (κ2) is 13.3. The van der Waals surface area contributed by atoms with Crippen molar-refractivity contribution in [1.29, 1.82) is 0 Å². The Bertz CT molecular complexity index is 3880. The van der Waals surface area contributed by atoms with E-state index < -0.39 is 0 Å². The molecule has 0 radical (unpaired) electrons. The maximum absolute atomic E-state index is 6.60. The summed E-state index contributed by atoms with van der Waals surface area (Å²) in [7, 11) is 0. The van der Waals surface area contributed by atoms with Gasteiger partial charge in [0.25, 0.3) is 0 Å². The molecule has 4 aromatic heterocycles. The molecule has 0 unspecified atom stereocenters. The lowest BCUT2D eigenvalue weighted by Gasteiger charge is -2.16. The predicted molar refractivity (Wildman–Crippen MR) is 254 cm³/mol. The van der Waals surface area contributed by atoms with Gasteiger partial charge in [0.15, 0.2) is 17.5 Å². The highest BCUT2D eigenvalue weighted by atomic mass is 32.1. The third-order valence-electron chi connectivity index (χ3n) is 12.0. The molecule has 0 fully saturated rings. The Hall–Kier alpha value is -7.93. The first-order valence-corrected chi connectivity index (χ1v) is 21.2. The van der Waals surface area contributed by atoms with Crippen molar-refractivity contribution in [2.45, 2.75) is 0 Å². The van der Waals surface area contributed by atoms with E-state index in [1.165, 1.54) is 41.7 Å². The van der Waals surface area contributed by atoms with Crippen LogP contribution in [0.1, 0.15) is 0 Å². The van der Waals surface area contributed by atoms with Crippen LogP contribution in [0, 0.1) is 0 Å². The molecule has 0 N–H and O–H groups in total. The number of benzene rings is 9. The van der Waals surface area contributed by atoms with Crippen molar-refractivity contribution in [3.8, 4) is 51.0 Å². The summed E-state index contributed by atoms with van der Waals surface area (Å²) in [5.74, 6) is 1.72. The predicted octanol–water partition coefficient (Wildman–Crippen LogP) is 15.1. The number of hydrogen-bond acceptors (Lipinski definition) is 5. The first-order valence-electron chi connectivity index (χ1n) is 20.4. The summed E-state index contributed by atoms with van der Waals surface area (Å²) in [5.41, 5.74) is 9.72. The maximum atomic E-state index is 6.60. The van der Waals surface area contributed by atoms with Gasteiger partial charge < -0.3 is 8.98 Å². The average molecular weight is 797 g/mol. The molecule has 284 valence electrons. The summed E-state index contributed by atoms with van der Waals surface area (Å²) >= 11 is 1.81. The number of nitrogens with zero attached hydrogens (tertiary/aromatic N) is 4. The average Bonchev–Trinajstić information content (AvgIpc) is 3.99. The summed E-state index contributed by atoms with van der Waals surface area (Å²) in [4.78, 5) is 16.1. The van der Waals surface area contributed by atoms with Crippen LogP contribution in [-0.2, 0) is 0 Å². The highest BCUT2D eigenvalue weighted by Crippen LogP contribution is 2.44. The molecule has 0 saturated carbocycles. The van der Waals surface area contributed by atoms with Crippen molar-refractivity contribution in [1.82, 2.24) is 19.5 Å². The van der Waals surface area contributed by atoms with E-state index in [0.29, 0.717) is 17.5 Å². The van der Waals surface area contributed by atoms with Crippen LogP contribution in [-0.4, -0.2) is 19.5 Å². The Kier molecular flexibility index (Phi) is 7.41. The lowest BCUT2D eigenvalue weighted by atomic mass is 10.0. The number of hydrogen-bond donors (Lipinski definition) is 0. The zero-order valence-electron chi connectivity index (χ0n) is 32.6. The maximum Gasteiger partial charge on any atom is 0.167 e. The molecule has 13 aromatic rings.